The van der Waals surface area contributed by atoms with E-state index in [-0.39, 0.29) is 11.1 Å². The van der Waals surface area contributed by atoms with E-state index in [0.29, 0.717) is 6.04 Å². The Hall–Kier alpha value is -0.160. The summed E-state index contributed by atoms with van der Waals surface area (Å²) in [5.74, 6) is 0. The third kappa shape index (κ3) is 3.48. The average molecular weight is 271 g/mol. The van der Waals surface area contributed by atoms with Crippen molar-refractivity contribution < 1.29 is 14.6 Å². The fraction of sp³-hybridized carbons (Fsp3) is 1.00. The average Bonchev–Trinajstić information content (AvgIpc) is 2.27. The lowest BCUT2D eigenvalue weighted by atomic mass is 9.80. The van der Waals surface area contributed by atoms with Gasteiger partial charge >= 0.3 is 0 Å². The van der Waals surface area contributed by atoms with Gasteiger partial charge in [0.15, 0.2) is 0 Å². The van der Waals surface area contributed by atoms with Gasteiger partial charge < -0.3 is 19.9 Å². The molecule has 2 saturated heterocycles. The minimum atomic E-state index is -0.742. The second-order valence-electron chi connectivity index (χ2n) is 7.16. The van der Waals surface area contributed by atoms with Crippen molar-refractivity contribution in [2.45, 2.75) is 76.2 Å². The minimum Gasteiger partial charge on any atom is -0.389 e. The summed E-state index contributed by atoms with van der Waals surface area (Å²) in [7, 11) is 0. The fourth-order valence-electron chi connectivity index (χ4n) is 2.93. The van der Waals surface area contributed by atoms with Crippen LogP contribution in [0.3, 0.4) is 0 Å². The van der Waals surface area contributed by atoms with E-state index in [2.05, 4.69) is 19.2 Å². The van der Waals surface area contributed by atoms with Gasteiger partial charge in [0.1, 0.15) is 0 Å². The highest BCUT2D eigenvalue weighted by molar-refractivity contribution is 4.99. The summed E-state index contributed by atoms with van der Waals surface area (Å²) < 4.78 is 11.5. The van der Waals surface area contributed by atoms with E-state index in [9.17, 15) is 5.11 Å². The molecule has 2 heterocycles. The van der Waals surface area contributed by atoms with Crippen LogP contribution in [0.1, 0.15) is 53.4 Å². The van der Waals surface area contributed by atoms with E-state index in [0.717, 1.165) is 45.5 Å². The van der Waals surface area contributed by atoms with Crippen LogP contribution < -0.4 is 5.32 Å². The number of aliphatic hydroxyl groups is 1. The van der Waals surface area contributed by atoms with Crippen molar-refractivity contribution in [3.8, 4) is 0 Å². The Bertz CT molecular complexity index is 297. The van der Waals surface area contributed by atoms with Gasteiger partial charge in [0.25, 0.3) is 0 Å². The maximum absolute atomic E-state index is 10.3. The van der Waals surface area contributed by atoms with Crippen LogP contribution in [-0.4, -0.2) is 47.7 Å². The lowest BCUT2D eigenvalue weighted by Gasteiger charge is -2.47. The molecule has 2 aliphatic heterocycles. The molecule has 0 aliphatic carbocycles. The molecule has 2 fully saturated rings. The van der Waals surface area contributed by atoms with E-state index in [4.69, 9.17) is 9.47 Å². The molecule has 2 aliphatic rings. The Morgan fingerprint density at radius 3 is 2.32 bits per heavy atom. The lowest BCUT2D eigenvalue weighted by Crippen LogP contribution is -2.61. The first kappa shape index (κ1) is 15.2. The molecule has 19 heavy (non-hydrogen) atoms. The Morgan fingerprint density at radius 1 is 1.11 bits per heavy atom. The first-order valence-electron chi connectivity index (χ1n) is 7.46. The van der Waals surface area contributed by atoms with E-state index in [1.165, 1.54) is 0 Å². The van der Waals surface area contributed by atoms with Gasteiger partial charge in [-0.25, -0.2) is 0 Å². The molecule has 2 N–H and O–H groups in total. The molecule has 0 bridgehead atoms. The molecule has 4 heteroatoms. The normalized spacial score (nSPS) is 28.6. The summed E-state index contributed by atoms with van der Waals surface area (Å²) in [6, 6.07) is 0.410. The molecular formula is C15H29NO3. The van der Waals surface area contributed by atoms with Crippen molar-refractivity contribution in [3.05, 3.63) is 0 Å². The molecule has 0 aromatic carbocycles. The van der Waals surface area contributed by atoms with Crippen molar-refractivity contribution in [2.75, 3.05) is 19.8 Å². The van der Waals surface area contributed by atoms with Crippen LogP contribution in [0, 0.1) is 0 Å². The van der Waals surface area contributed by atoms with Gasteiger partial charge in [0.05, 0.1) is 11.2 Å². The molecule has 0 radical (unpaired) electrons. The largest absolute Gasteiger partial charge is 0.389 e. The highest BCUT2D eigenvalue weighted by Gasteiger charge is 2.42. The molecule has 0 saturated carbocycles. The molecule has 2 rings (SSSR count). The van der Waals surface area contributed by atoms with Crippen molar-refractivity contribution in [1.82, 2.24) is 5.32 Å². The second kappa shape index (κ2) is 5.32. The van der Waals surface area contributed by atoms with Crippen LogP contribution in [0.15, 0.2) is 0 Å². The van der Waals surface area contributed by atoms with Gasteiger partial charge in [-0.05, 0) is 53.4 Å². The number of ether oxygens (including phenoxy) is 2. The Labute approximate surface area is 116 Å². The van der Waals surface area contributed by atoms with Gasteiger partial charge in [0, 0.05) is 31.4 Å². The molecule has 1 atom stereocenters. The molecular weight excluding hydrogens is 242 g/mol. The molecule has 0 aromatic heterocycles. The first-order valence-corrected chi connectivity index (χ1v) is 7.46. The van der Waals surface area contributed by atoms with Gasteiger partial charge in [-0.15, -0.1) is 0 Å². The zero-order valence-corrected chi connectivity index (χ0v) is 12.8. The smallest absolute Gasteiger partial charge is 0.0767 e. The van der Waals surface area contributed by atoms with Gasteiger partial charge in [-0.3, -0.25) is 0 Å². The molecule has 4 nitrogen and oxygen atoms in total. The zero-order valence-electron chi connectivity index (χ0n) is 12.8. The van der Waals surface area contributed by atoms with Crippen LogP contribution in [0.5, 0.6) is 0 Å². The minimum absolute atomic E-state index is 0.00381. The van der Waals surface area contributed by atoms with Gasteiger partial charge in [-0.2, -0.15) is 0 Å². The van der Waals surface area contributed by atoms with Gasteiger partial charge in [-0.1, -0.05) is 0 Å². The number of hydrogen-bond donors (Lipinski definition) is 2. The Balaban J connectivity index is 1.98. The lowest BCUT2D eigenvalue weighted by molar-refractivity contribution is -0.144. The highest BCUT2D eigenvalue weighted by Crippen LogP contribution is 2.35. The van der Waals surface area contributed by atoms with E-state index >= 15 is 0 Å². The van der Waals surface area contributed by atoms with Crippen LogP contribution in [0.25, 0.3) is 0 Å². The summed E-state index contributed by atoms with van der Waals surface area (Å²) in [4.78, 5) is 0. The zero-order chi connectivity index (χ0) is 14.1. The standard InChI is InChI=1S/C15H29NO3/c1-13(2,14(3,4)17)16-12-5-8-19-15(11-12)6-9-18-10-7-15/h12,16-17H,5-11H2,1-4H3. The molecule has 0 aromatic rings. The maximum atomic E-state index is 10.3. The van der Waals surface area contributed by atoms with Crippen molar-refractivity contribution in [3.63, 3.8) is 0 Å². The number of hydrogen-bond acceptors (Lipinski definition) is 4. The quantitative estimate of drug-likeness (QED) is 0.822. The third-order valence-electron chi connectivity index (χ3n) is 4.99. The summed E-state index contributed by atoms with van der Waals surface area (Å²) in [5.41, 5.74) is -1.04. The first-order chi connectivity index (χ1) is 8.74. The van der Waals surface area contributed by atoms with E-state index in [1.807, 2.05) is 13.8 Å². The van der Waals surface area contributed by atoms with Crippen LogP contribution in [0.2, 0.25) is 0 Å². The van der Waals surface area contributed by atoms with Gasteiger partial charge in [0.2, 0.25) is 0 Å². The fourth-order valence-corrected chi connectivity index (χ4v) is 2.93. The maximum Gasteiger partial charge on any atom is 0.0767 e. The second-order valence-corrected chi connectivity index (χ2v) is 7.16. The predicted molar refractivity (Wildman–Crippen MR) is 75.3 cm³/mol. The van der Waals surface area contributed by atoms with E-state index in [1.54, 1.807) is 0 Å². The molecule has 112 valence electrons. The van der Waals surface area contributed by atoms with Crippen molar-refractivity contribution >= 4 is 0 Å². The third-order valence-corrected chi connectivity index (χ3v) is 4.99. The summed E-state index contributed by atoms with van der Waals surface area (Å²) >= 11 is 0. The monoisotopic (exact) mass is 271 g/mol. The predicted octanol–water partition coefficient (Wildman–Crippen LogP) is 1.85. The molecule has 1 spiro atoms. The molecule has 1 unspecified atom stereocenters. The van der Waals surface area contributed by atoms with Crippen LogP contribution in [-0.2, 0) is 9.47 Å². The topological polar surface area (TPSA) is 50.7 Å². The Morgan fingerprint density at radius 2 is 1.74 bits per heavy atom. The SMILES string of the molecule is CC(C)(O)C(C)(C)NC1CCOC2(CCOCC2)C1. The Kier molecular flexibility index (Phi) is 4.26. The number of nitrogens with one attached hydrogen (secondary N) is 1. The summed E-state index contributed by atoms with van der Waals surface area (Å²) in [5, 5.41) is 13.9. The van der Waals surface area contributed by atoms with Crippen LogP contribution in [0.4, 0.5) is 0 Å². The van der Waals surface area contributed by atoms with Crippen molar-refractivity contribution in [1.29, 1.82) is 0 Å². The van der Waals surface area contributed by atoms with E-state index < -0.39 is 5.60 Å². The van der Waals surface area contributed by atoms with Crippen LogP contribution >= 0.6 is 0 Å². The molecule has 0 amide bonds. The van der Waals surface area contributed by atoms with Crippen molar-refractivity contribution in [2.24, 2.45) is 0 Å². The summed E-state index contributed by atoms with van der Waals surface area (Å²) in [6.07, 6.45) is 4.03. The highest BCUT2D eigenvalue weighted by atomic mass is 16.5. The number of rotatable bonds is 3. The summed E-state index contributed by atoms with van der Waals surface area (Å²) in [6.45, 7) is 10.3.